The molecule has 100 valence electrons. The van der Waals surface area contributed by atoms with Crippen LogP contribution in [0.4, 0.5) is 5.69 Å². The number of amides is 1. The van der Waals surface area contributed by atoms with E-state index in [1.54, 1.807) is 11.3 Å². The predicted molar refractivity (Wildman–Crippen MR) is 81.3 cm³/mol. The highest BCUT2D eigenvalue weighted by atomic mass is 32.1. The van der Waals surface area contributed by atoms with Gasteiger partial charge in [-0.2, -0.15) is 0 Å². The first-order chi connectivity index (χ1) is 9.22. The van der Waals surface area contributed by atoms with Crippen molar-refractivity contribution in [2.75, 3.05) is 5.32 Å². The first-order valence-electron chi connectivity index (χ1n) is 6.41. The summed E-state index contributed by atoms with van der Waals surface area (Å²) in [6.07, 6.45) is 1.61. The molecule has 0 saturated heterocycles. The minimum absolute atomic E-state index is 0.120. The van der Waals surface area contributed by atoms with Gasteiger partial charge in [-0.1, -0.05) is 37.6 Å². The topological polar surface area (TPSA) is 55.1 Å². The van der Waals surface area contributed by atoms with Crippen LogP contribution in [-0.2, 0) is 4.79 Å². The Hall–Kier alpha value is -1.65. The molecule has 0 bridgehead atoms. The second-order valence-corrected chi connectivity index (χ2v) is 5.35. The zero-order valence-corrected chi connectivity index (χ0v) is 11.7. The number of carbonyl (C=O) groups excluding carboxylic acids is 1. The van der Waals surface area contributed by atoms with Gasteiger partial charge in [-0.25, -0.2) is 0 Å². The Bertz CT molecular complexity index is 537. The van der Waals surface area contributed by atoms with Gasteiger partial charge in [0.1, 0.15) is 0 Å². The average molecular weight is 274 g/mol. The van der Waals surface area contributed by atoms with E-state index in [1.807, 2.05) is 48.7 Å². The van der Waals surface area contributed by atoms with Crippen molar-refractivity contribution in [1.29, 1.82) is 0 Å². The van der Waals surface area contributed by atoms with E-state index in [9.17, 15) is 4.79 Å². The zero-order valence-electron chi connectivity index (χ0n) is 10.9. The van der Waals surface area contributed by atoms with Crippen molar-refractivity contribution in [2.45, 2.75) is 25.8 Å². The van der Waals surface area contributed by atoms with Crippen molar-refractivity contribution >= 4 is 22.9 Å². The Morgan fingerprint density at radius 3 is 2.79 bits per heavy atom. The molecule has 2 rings (SSSR count). The normalized spacial score (nSPS) is 12.1. The van der Waals surface area contributed by atoms with Crippen molar-refractivity contribution in [3.05, 3.63) is 41.8 Å². The second kappa shape index (κ2) is 6.50. The Labute approximate surface area is 117 Å². The molecule has 0 aliphatic rings. The van der Waals surface area contributed by atoms with Gasteiger partial charge in [0.25, 0.3) is 0 Å². The summed E-state index contributed by atoms with van der Waals surface area (Å²) in [4.78, 5) is 13.1. The fourth-order valence-corrected chi connectivity index (χ4v) is 2.67. The number of carbonyl (C=O) groups is 1. The van der Waals surface area contributed by atoms with Crippen LogP contribution in [0.15, 0.2) is 41.8 Å². The van der Waals surface area contributed by atoms with Crippen LogP contribution < -0.4 is 11.1 Å². The molecule has 19 heavy (non-hydrogen) atoms. The molecule has 0 unspecified atom stereocenters. The van der Waals surface area contributed by atoms with Crippen LogP contribution >= 0.6 is 11.3 Å². The van der Waals surface area contributed by atoms with E-state index in [4.69, 9.17) is 5.73 Å². The molecule has 0 spiro atoms. The lowest BCUT2D eigenvalue weighted by Crippen LogP contribution is -2.35. The highest BCUT2D eigenvalue weighted by Crippen LogP contribution is 2.31. The lowest BCUT2D eigenvalue weighted by atomic mass is 10.1. The molecule has 3 N–H and O–H groups in total. The average Bonchev–Trinajstić information content (AvgIpc) is 2.93. The first kappa shape index (κ1) is 13.8. The predicted octanol–water partition coefficient (Wildman–Crippen LogP) is 3.48. The molecular weight excluding hydrogens is 256 g/mol. The molecule has 3 nitrogen and oxygen atoms in total. The van der Waals surface area contributed by atoms with Gasteiger partial charge in [0.15, 0.2) is 0 Å². The number of benzene rings is 1. The minimum Gasteiger partial charge on any atom is -0.324 e. The van der Waals surface area contributed by atoms with Gasteiger partial charge in [-0.15, -0.1) is 11.3 Å². The molecule has 1 aromatic heterocycles. The Balaban J connectivity index is 2.19. The Morgan fingerprint density at radius 1 is 1.32 bits per heavy atom. The molecule has 1 heterocycles. The molecule has 0 aliphatic carbocycles. The van der Waals surface area contributed by atoms with Crippen molar-refractivity contribution in [3.63, 3.8) is 0 Å². The lowest BCUT2D eigenvalue weighted by Gasteiger charge is -2.13. The summed E-state index contributed by atoms with van der Waals surface area (Å²) in [5.74, 6) is -0.120. The molecule has 0 radical (unpaired) electrons. The van der Waals surface area contributed by atoms with E-state index < -0.39 is 6.04 Å². The van der Waals surface area contributed by atoms with Crippen molar-refractivity contribution < 1.29 is 4.79 Å². The number of rotatable bonds is 5. The largest absolute Gasteiger partial charge is 0.324 e. The number of anilines is 1. The number of thiophene rings is 1. The van der Waals surface area contributed by atoms with Crippen LogP contribution in [0, 0.1) is 0 Å². The summed E-state index contributed by atoms with van der Waals surface area (Å²) >= 11 is 1.65. The Kier molecular flexibility index (Phi) is 4.71. The molecule has 1 aromatic carbocycles. The summed E-state index contributed by atoms with van der Waals surface area (Å²) in [7, 11) is 0. The van der Waals surface area contributed by atoms with Crippen LogP contribution in [0.2, 0.25) is 0 Å². The number of nitrogens with two attached hydrogens (primary N) is 1. The van der Waals surface area contributed by atoms with Gasteiger partial charge >= 0.3 is 0 Å². The molecule has 2 aromatic rings. The maximum atomic E-state index is 12.0. The third kappa shape index (κ3) is 3.43. The van der Waals surface area contributed by atoms with Gasteiger partial charge in [0, 0.05) is 16.1 Å². The third-order valence-corrected chi connectivity index (χ3v) is 3.81. The molecule has 0 aliphatic heterocycles. The smallest absolute Gasteiger partial charge is 0.241 e. The van der Waals surface area contributed by atoms with Crippen LogP contribution in [0.25, 0.3) is 10.4 Å². The first-order valence-corrected chi connectivity index (χ1v) is 7.29. The van der Waals surface area contributed by atoms with E-state index in [0.717, 1.165) is 22.5 Å². The molecule has 0 saturated carbocycles. The van der Waals surface area contributed by atoms with Crippen LogP contribution in [-0.4, -0.2) is 11.9 Å². The standard InChI is InChI=1S/C15H18N2OS/c1-2-6-12(16)15(18)17-13-8-4-3-7-11(13)14-9-5-10-19-14/h3-5,7-10,12H,2,6,16H2,1H3,(H,17,18)/t12-/m1/s1. The lowest BCUT2D eigenvalue weighted by molar-refractivity contribution is -0.117. The number of hydrogen-bond donors (Lipinski definition) is 2. The summed E-state index contributed by atoms with van der Waals surface area (Å²) in [6.45, 7) is 2.02. The number of nitrogens with one attached hydrogen (secondary N) is 1. The van der Waals surface area contributed by atoms with E-state index in [0.29, 0.717) is 6.42 Å². The van der Waals surface area contributed by atoms with Crippen LogP contribution in [0.5, 0.6) is 0 Å². The SMILES string of the molecule is CCC[C@@H](N)C(=O)Nc1ccccc1-c1cccs1. The van der Waals surface area contributed by atoms with Gasteiger partial charge in [0.05, 0.1) is 6.04 Å². The van der Waals surface area contributed by atoms with Gasteiger partial charge in [-0.05, 0) is 23.9 Å². The summed E-state index contributed by atoms with van der Waals surface area (Å²) in [5, 5.41) is 4.95. The maximum Gasteiger partial charge on any atom is 0.241 e. The molecular formula is C15H18N2OS. The quantitative estimate of drug-likeness (QED) is 0.877. The molecule has 0 fully saturated rings. The van der Waals surface area contributed by atoms with Crippen LogP contribution in [0.3, 0.4) is 0 Å². The third-order valence-electron chi connectivity index (χ3n) is 2.91. The maximum absolute atomic E-state index is 12.0. The van der Waals surface area contributed by atoms with E-state index >= 15 is 0 Å². The van der Waals surface area contributed by atoms with E-state index in [-0.39, 0.29) is 5.91 Å². The number of hydrogen-bond acceptors (Lipinski definition) is 3. The van der Waals surface area contributed by atoms with E-state index in [1.165, 1.54) is 0 Å². The fraction of sp³-hybridized carbons (Fsp3) is 0.267. The summed E-state index contributed by atoms with van der Waals surface area (Å²) in [5.41, 5.74) is 7.69. The number of para-hydroxylation sites is 1. The zero-order chi connectivity index (χ0) is 13.7. The summed E-state index contributed by atoms with van der Waals surface area (Å²) < 4.78 is 0. The molecule has 4 heteroatoms. The van der Waals surface area contributed by atoms with Crippen molar-refractivity contribution in [3.8, 4) is 10.4 Å². The highest BCUT2D eigenvalue weighted by molar-refractivity contribution is 7.13. The molecule has 1 amide bonds. The van der Waals surface area contributed by atoms with Gasteiger partial charge in [0.2, 0.25) is 5.91 Å². The van der Waals surface area contributed by atoms with Crippen LogP contribution in [0.1, 0.15) is 19.8 Å². The van der Waals surface area contributed by atoms with Gasteiger partial charge in [-0.3, -0.25) is 4.79 Å². The second-order valence-electron chi connectivity index (χ2n) is 4.41. The van der Waals surface area contributed by atoms with Crippen molar-refractivity contribution in [2.24, 2.45) is 5.73 Å². The van der Waals surface area contributed by atoms with Gasteiger partial charge < -0.3 is 11.1 Å². The summed E-state index contributed by atoms with van der Waals surface area (Å²) in [6, 6.07) is 11.4. The highest BCUT2D eigenvalue weighted by Gasteiger charge is 2.14. The van der Waals surface area contributed by atoms with Crippen molar-refractivity contribution in [1.82, 2.24) is 0 Å². The fourth-order valence-electron chi connectivity index (χ4n) is 1.91. The minimum atomic E-state index is -0.443. The molecule has 1 atom stereocenters. The monoisotopic (exact) mass is 274 g/mol. The Morgan fingerprint density at radius 2 is 2.11 bits per heavy atom. The van der Waals surface area contributed by atoms with E-state index in [2.05, 4.69) is 5.32 Å².